The summed E-state index contributed by atoms with van der Waals surface area (Å²) in [5, 5.41) is 0. The maximum atomic E-state index is 2.42. The Morgan fingerprint density at radius 2 is 0.829 bits per heavy atom. The number of hydrogen-bond donors (Lipinski definition) is 0. The van der Waals surface area contributed by atoms with E-state index >= 15 is 0 Å². The summed E-state index contributed by atoms with van der Waals surface area (Å²) in [5.41, 5.74) is 12.1. The summed E-state index contributed by atoms with van der Waals surface area (Å²) in [4.78, 5) is 7.03. The van der Waals surface area contributed by atoms with Crippen LogP contribution in [-0.4, -0.2) is 40.3 Å². The molecular weight excluding hydrogens is 426 g/mol. The fourth-order valence-electron chi connectivity index (χ4n) is 5.30. The van der Waals surface area contributed by atoms with Crippen LogP contribution in [0.1, 0.15) is 67.0 Å². The van der Waals surface area contributed by atoms with Crippen molar-refractivity contribution in [2.75, 3.05) is 55.0 Å². The lowest BCUT2D eigenvalue weighted by atomic mass is 9.79. The molecule has 188 valence electrons. The molecule has 0 fully saturated rings. The zero-order valence-corrected chi connectivity index (χ0v) is 23.4. The minimum Gasteiger partial charge on any atom is -0.378 e. The molecular formula is C32H45N3. The van der Waals surface area contributed by atoms with Crippen LogP contribution < -0.4 is 14.7 Å². The van der Waals surface area contributed by atoms with Gasteiger partial charge in [0.25, 0.3) is 0 Å². The molecule has 0 saturated heterocycles. The summed E-state index contributed by atoms with van der Waals surface area (Å²) in [6, 6.07) is 21.0. The topological polar surface area (TPSA) is 9.72 Å². The number of aryl methyl sites for hydroxylation is 3. The van der Waals surface area contributed by atoms with Gasteiger partial charge in [0, 0.05) is 63.3 Å². The molecule has 35 heavy (non-hydrogen) atoms. The minimum atomic E-state index is 0.197. The van der Waals surface area contributed by atoms with E-state index in [1.165, 1.54) is 50.4 Å². The normalized spacial score (nSPS) is 11.1. The van der Waals surface area contributed by atoms with Crippen molar-refractivity contribution in [2.45, 2.75) is 54.4 Å². The summed E-state index contributed by atoms with van der Waals surface area (Å²) in [7, 11) is 4.22. The average molecular weight is 472 g/mol. The first-order valence-electron chi connectivity index (χ1n) is 13.2. The van der Waals surface area contributed by atoms with E-state index in [9.17, 15) is 0 Å². The van der Waals surface area contributed by atoms with Gasteiger partial charge in [-0.1, -0.05) is 18.2 Å². The van der Waals surface area contributed by atoms with Crippen LogP contribution in [0.2, 0.25) is 0 Å². The molecule has 0 aliphatic heterocycles. The lowest BCUT2D eigenvalue weighted by Gasteiger charge is -2.28. The standard InChI is InChI=1S/C32H45N3/c1-10-34(11-2)27-15-18-30(24(6)21-27)32(29-17-14-26(33(8)9)20-23(29)5)31-19-16-28(22-25(31)7)35(12-3)13-4/h14-22,32H,10-13H2,1-9H3. The van der Waals surface area contributed by atoms with E-state index in [0.717, 1.165) is 26.2 Å². The van der Waals surface area contributed by atoms with Crippen LogP contribution in [0.3, 0.4) is 0 Å². The van der Waals surface area contributed by atoms with Crippen molar-refractivity contribution in [3.05, 3.63) is 88.0 Å². The van der Waals surface area contributed by atoms with Crippen molar-refractivity contribution in [2.24, 2.45) is 0 Å². The molecule has 0 aliphatic rings. The molecule has 0 aliphatic carbocycles. The van der Waals surface area contributed by atoms with Gasteiger partial charge in [0.15, 0.2) is 0 Å². The monoisotopic (exact) mass is 471 g/mol. The van der Waals surface area contributed by atoms with Gasteiger partial charge < -0.3 is 14.7 Å². The van der Waals surface area contributed by atoms with Crippen LogP contribution >= 0.6 is 0 Å². The molecule has 0 unspecified atom stereocenters. The second kappa shape index (κ2) is 11.7. The summed E-state index contributed by atoms with van der Waals surface area (Å²) in [6.07, 6.45) is 0. The molecule has 0 saturated carbocycles. The third kappa shape index (κ3) is 5.66. The van der Waals surface area contributed by atoms with Crippen molar-refractivity contribution < 1.29 is 0 Å². The molecule has 0 radical (unpaired) electrons. The Morgan fingerprint density at radius 1 is 0.514 bits per heavy atom. The molecule has 0 amide bonds. The van der Waals surface area contributed by atoms with Crippen LogP contribution in [0.15, 0.2) is 54.6 Å². The SMILES string of the molecule is CCN(CC)c1ccc(C(c2ccc(N(C)C)cc2C)c2ccc(N(CC)CC)cc2C)c(C)c1. The quantitative estimate of drug-likeness (QED) is 0.283. The van der Waals surface area contributed by atoms with Crippen molar-refractivity contribution in [3.8, 4) is 0 Å². The smallest absolute Gasteiger partial charge is 0.0368 e. The lowest BCUT2D eigenvalue weighted by molar-refractivity contribution is 0.859. The van der Waals surface area contributed by atoms with E-state index in [1.807, 2.05) is 0 Å². The Balaban J connectivity index is 2.20. The summed E-state index contributed by atoms with van der Waals surface area (Å²) >= 11 is 0. The predicted octanol–water partition coefficient (Wildman–Crippen LogP) is 7.55. The fraction of sp³-hybridized carbons (Fsp3) is 0.438. The molecule has 0 bridgehead atoms. The highest BCUT2D eigenvalue weighted by molar-refractivity contribution is 5.61. The third-order valence-electron chi connectivity index (χ3n) is 7.47. The van der Waals surface area contributed by atoms with E-state index in [4.69, 9.17) is 0 Å². The first-order chi connectivity index (χ1) is 16.7. The van der Waals surface area contributed by atoms with Gasteiger partial charge in [-0.3, -0.25) is 0 Å². The fourth-order valence-corrected chi connectivity index (χ4v) is 5.30. The highest BCUT2D eigenvalue weighted by Crippen LogP contribution is 2.40. The highest BCUT2D eigenvalue weighted by atomic mass is 15.1. The molecule has 3 rings (SSSR count). The number of anilines is 3. The minimum absolute atomic E-state index is 0.197. The van der Waals surface area contributed by atoms with E-state index in [1.54, 1.807) is 0 Å². The maximum absolute atomic E-state index is 2.42. The molecule has 0 atom stereocenters. The largest absolute Gasteiger partial charge is 0.378 e. The van der Waals surface area contributed by atoms with E-state index in [-0.39, 0.29) is 5.92 Å². The molecule has 3 heteroatoms. The maximum Gasteiger partial charge on any atom is 0.0368 e. The summed E-state index contributed by atoms with van der Waals surface area (Å²) < 4.78 is 0. The van der Waals surface area contributed by atoms with Crippen LogP contribution in [0.5, 0.6) is 0 Å². The molecule has 0 spiro atoms. The molecule has 0 N–H and O–H groups in total. The molecule has 3 aromatic rings. The Kier molecular flexibility index (Phi) is 8.88. The van der Waals surface area contributed by atoms with E-state index in [2.05, 4.69) is 132 Å². The van der Waals surface area contributed by atoms with Crippen LogP contribution in [-0.2, 0) is 0 Å². The van der Waals surface area contributed by atoms with Crippen LogP contribution in [0, 0.1) is 20.8 Å². The van der Waals surface area contributed by atoms with E-state index < -0.39 is 0 Å². The van der Waals surface area contributed by atoms with Gasteiger partial charge in [-0.2, -0.15) is 0 Å². The van der Waals surface area contributed by atoms with Crippen molar-refractivity contribution >= 4 is 17.1 Å². The lowest BCUT2D eigenvalue weighted by Crippen LogP contribution is -2.22. The molecule has 0 heterocycles. The van der Waals surface area contributed by atoms with E-state index in [0.29, 0.717) is 0 Å². The first kappa shape index (κ1) is 26.7. The second-order valence-electron chi connectivity index (χ2n) is 9.79. The number of hydrogen-bond acceptors (Lipinski definition) is 3. The van der Waals surface area contributed by atoms with Crippen molar-refractivity contribution in [1.29, 1.82) is 0 Å². The Bertz CT molecular complexity index is 1060. The summed E-state index contributed by atoms with van der Waals surface area (Å²) in [5.74, 6) is 0.197. The average Bonchev–Trinajstić information content (AvgIpc) is 2.83. The number of benzene rings is 3. The zero-order valence-electron chi connectivity index (χ0n) is 23.4. The van der Waals surface area contributed by atoms with Crippen LogP contribution in [0.25, 0.3) is 0 Å². The molecule has 3 aromatic carbocycles. The van der Waals surface area contributed by atoms with Crippen molar-refractivity contribution in [1.82, 2.24) is 0 Å². The number of rotatable bonds is 10. The van der Waals surface area contributed by atoms with Crippen LogP contribution in [0.4, 0.5) is 17.1 Å². The molecule has 0 aromatic heterocycles. The Morgan fingerprint density at radius 3 is 1.11 bits per heavy atom. The number of nitrogens with zero attached hydrogens (tertiary/aromatic N) is 3. The van der Waals surface area contributed by atoms with Gasteiger partial charge in [-0.25, -0.2) is 0 Å². The Hall–Kier alpha value is -2.94. The van der Waals surface area contributed by atoms with Gasteiger partial charge >= 0.3 is 0 Å². The first-order valence-corrected chi connectivity index (χ1v) is 13.2. The highest BCUT2D eigenvalue weighted by Gasteiger charge is 2.23. The van der Waals surface area contributed by atoms with Gasteiger partial charge in [-0.15, -0.1) is 0 Å². The van der Waals surface area contributed by atoms with Gasteiger partial charge in [0.1, 0.15) is 0 Å². The summed E-state index contributed by atoms with van der Waals surface area (Å²) in [6.45, 7) is 19.8. The van der Waals surface area contributed by atoms with Gasteiger partial charge in [0.05, 0.1) is 0 Å². The second-order valence-corrected chi connectivity index (χ2v) is 9.79. The van der Waals surface area contributed by atoms with Crippen molar-refractivity contribution in [3.63, 3.8) is 0 Å². The predicted molar refractivity (Wildman–Crippen MR) is 156 cm³/mol. The van der Waals surface area contributed by atoms with Gasteiger partial charge in [0.2, 0.25) is 0 Å². The van der Waals surface area contributed by atoms with Gasteiger partial charge in [-0.05, 0) is 118 Å². The molecule has 3 nitrogen and oxygen atoms in total. The Labute approximate surface area is 214 Å². The zero-order chi connectivity index (χ0) is 25.7. The third-order valence-corrected chi connectivity index (χ3v) is 7.47.